The zero-order valence-corrected chi connectivity index (χ0v) is 10.8. The van der Waals surface area contributed by atoms with Gasteiger partial charge in [0, 0.05) is 0 Å². The molecular formula is C10H12ClNO4S. The van der Waals surface area contributed by atoms with E-state index in [1.54, 1.807) is 0 Å². The van der Waals surface area contributed by atoms with Crippen LogP contribution >= 0.6 is 11.6 Å². The van der Waals surface area contributed by atoms with Crippen LogP contribution in [0.2, 0.25) is 5.15 Å². The molecule has 0 bridgehead atoms. The molecule has 0 saturated carbocycles. The van der Waals surface area contributed by atoms with Gasteiger partial charge in [0.25, 0.3) is 0 Å². The maximum Gasteiger partial charge on any atom is 0.355 e. The number of unbranched alkanes of at least 4 members (excludes halogenated alkanes) is 1. The topological polar surface area (TPSA) is 84.3 Å². The summed E-state index contributed by atoms with van der Waals surface area (Å²) in [7, 11) is -3.62. The third-order valence-electron chi connectivity index (χ3n) is 2.13. The van der Waals surface area contributed by atoms with Gasteiger partial charge in [0.05, 0.1) is 5.75 Å². The molecule has 1 aromatic heterocycles. The summed E-state index contributed by atoms with van der Waals surface area (Å²) < 4.78 is 23.8. The second-order valence-corrected chi connectivity index (χ2v) is 5.92. The molecule has 1 N–H and O–H groups in total. The third kappa shape index (κ3) is 3.41. The van der Waals surface area contributed by atoms with Gasteiger partial charge in [-0.2, -0.15) is 0 Å². The van der Waals surface area contributed by atoms with Crippen LogP contribution in [0.4, 0.5) is 0 Å². The van der Waals surface area contributed by atoms with Gasteiger partial charge in [0.1, 0.15) is 10.0 Å². The predicted octanol–water partition coefficient (Wildman–Crippen LogP) is 2.01. The number of pyridine rings is 1. The summed E-state index contributed by atoms with van der Waals surface area (Å²) in [5, 5.41) is 8.85. The van der Waals surface area contributed by atoms with Crippen LogP contribution in [0.5, 0.6) is 0 Å². The van der Waals surface area contributed by atoms with Gasteiger partial charge in [-0.1, -0.05) is 24.9 Å². The molecule has 5 nitrogen and oxygen atoms in total. The highest BCUT2D eigenvalue weighted by Gasteiger charge is 2.23. The van der Waals surface area contributed by atoms with Crippen LogP contribution in [0.25, 0.3) is 0 Å². The highest BCUT2D eigenvalue weighted by atomic mass is 35.5. The molecule has 0 fully saturated rings. The van der Waals surface area contributed by atoms with Gasteiger partial charge in [-0.05, 0) is 18.6 Å². The van der Waals surface area contributed by atoms with E-state index in [1.165, 1.54) is 12.1 Å². The van der Waals surface area contributed by atoms with E-state index < -0.39 is 21.5 Å². The van der Waals surface area contributed by atoms with Crippen LogP contribution in [-0.2, 0) is 9.84 Å². The molecular weight excluding hydrogens is 266 g/mol. The first kappa shape index (κ1) is 13.9. The number of sulfone groups is 1. The van der Waals surface area contributed by atoms with Crippen molar-refractivity contribution in [2.24, 2.45) is 0 Å². The van der Waals surface area contributed by atoms with Crippen LogP contribution in [0.15, 0.2) is 17.0 Å². The van der Waals surface area contributed by atoms with Crippen molar-refractivity contribution in [2.75, 3.05) is 5.75 Å². The lowest BCUT2D eigenvalue weighted by Gasteiger charge is -2.06. The van der Waals surface area contributed by atoms with Gasteiger partial charge < -0.3 is 5.11 Å². The van der Waals surface area contributed by atoms with Gasteiger partial charge in [-0.15, -0.1) is 0 Å². The molecule has 0 unspecified atom stereocenters. The van der Waals surface area contributed by atoms with Crippen molar-refractivity contribution >= 4 is 27.4 Å². The molecule has 1 rings (SSSR count). The average Bonchev–Trinajstić information content (AvgIpc) is 2.26. The predicted molar refractivity (Wildman–Crippen MR) is 63.2 cm³/mol. The molecule has 0 spiro atoms. The van der Waals surface area contributed by atoms with Crippen molar-refractivity contribution in [1.82, 2.24) is 4.98 Å². The van der Waals surface area contributed by atoms with Crippen molar-refractivity contribution in [3.8, 4) is 0 Å². The Hall–Kier alpha value is -1.14. The Morgan fingerprint density at radius 1 is 1.47 bits per heavy atom. The maximum atomic E-state index is 11.9. The largest absolute Gasteiger partial charge is 0.476 e. The van der Waals surface area contributed by atoms with Gasteiger partial charge in [-0.3, -0.25) is 0 Å². The molecule has 17 heavy (non-hydrogen) atoms. The normalized spacial score (nSPS) is 11.4. The van der Waals surface area contributed by atoms with E-state index in [4.69, 9.17) is 16.7 Å². The summed E-state index contributed by atoms with van der Waals surface area (Å²) >= 11 is 5.55. The quantitative estimate of drug-likeness (QED) is 0.832. The van der Waals surface area contributed by atoms with E-state index in [2.05, 4.69) is 4.98 Å². The number of rotatable bonds is 5. The second-order valence-electron chi connectivity index (χ2n) is 3.46. The molecule has 0 aliphatic rings. The average molecular weight is 278 g/mol. The summed E-state index contributed by atoms with van der Waals surface area (Å²) in [6.45, 7) is 1.85. The lowest BCUT2D eigenvalue weighted by Crippen LogP contribution is -2.14. The minimum Gasteiger partial charge on any atom is -0.476 e. The van der Waals surface area contributed by atoms with E-state index in [0.717, 1.165) is 0 Å². The Kier molecular flexibility index (Phi) is 4.47. The fourth-order valence-corrected chi connectivity index (χ4v) is 3.01. The molecule has 0 aliphatic carbocycles. The molecule has 7 heteroatoms. The summed E-state index contributed by atoms with van der Waals surface area (Å²) in [6.07, 6.45) is 1.19. The van der Waals surface area contributed by atoms with Crippen LogP contribution in [-0.4, -0.2) is 30.2 Å². The first-order chi connectivity index (χ1) is 7.88. The molecule has 0 amide bonds. The molecule has 0 radical (unpaired) electrons. The Morgan fingerprint density at radius 2 is 2.12 bits per heavy atom. The van der Waals surface area contributed by atoms with Crippen LogP contribution < -0.4 is 0 Å². The number of carboxylic acid groups (broad SMARTS) is 1. The zero-order valence-electron chi connectivity index (χ0n) is 9.18. The molecule has 0 saturated heterocycles. The molecule has 94 valence electrons. The van der Waals surface area contributed by atoms with Crippen molar-refractivity contribution < 1.29 is 18.3 Å². The monoisotopic (exact) mass is 277 g/mol. The number of hydrogen-bond donors (Lipinski definition) is 1. The lowest BCUT2D eigenvalue weighted by atomic mass is 10.3. The van der Waals surface area contributed by atoms with Crippen LogP contribution in [0.1, 0.15) is 30.3 Å². The number of aromatic nitrogens is 1. The minimum atomic E-state index is -3.62. The molecule has 1 heterocycles. The highest BCUT2D eigenvalue weighted by Crippen LogP contribution is 2.19. The SMILES string of the molecule is CCCCS(=O)(=O)c1ccc(Cl)nc1C(=O)O. The summed E-state index contributed by atoms with van der Waals surface area (Å²) in [4.78, 5) is 14.2. The van der Waals surface area contributed by atoms with Gasteiger partial charge in [-0.25, -0.2) is 18.2 Å². The van der Waals surface area contributed by atoms with Gasteiger partial charge >= 0.3 is 5.97 Å². The van der Waals surface area contributed by atoms with Gasteiger partial charge in [0.15, 0.2) is 15.5 Å². The standard InChI is InChI=1S/C10H12ClNO4S/c1-2-3-6-17(15,16)7-4-5-8(11)12-9(7)10(13)14/h4-5H,2-3,6H2,1H3,(H,13,14). The number of hydrogen-bond acceptors (Lipinski definition) is 4. The number of halogens is 1. The highest BCUT2D eigenvalue weighted by molar-refractivity contribution is 7.91. The van der Waals surface area contributed by atoms with E-state index in [0.29, 0.717) is 12.8 Å². The Labute approximate surface area is 104 Å². The molecule has 0 aliphatic heterocycles. The molecule has 0 aromatic carbocycles. The smallest absolute Gasteiger partial charge is 0.355 e. The maximum absolute atomic E-state index is 11.9. The van der Waals surface area contributed by atoms with Crippen molar-refractivity contribution in [3.63, 3.8) is 0 Å². The number of nitrogens with zero attached hydrogens (tertiary/aromatic N) is 1. The van der Waals surface area contributed by atoms with Gasteiger partial charge in [0.2, 0.25) is 0 Å². The van der Waals surface area contributed by atoms with Crippen molar-refractivity contribution in [2.45, 2.75) is 24.7 Å². The fourth-order valence-electron chi connectivity index (χ4n) is 1.27. The van der Waals surface area contributed by atoms with E-state index >= 15 is 0 Å². The van der Waals surface area contributed by atoms with E-state index in [9.17, 15) is 13.2 Å². The van der Waals surface area contributed by atoms with Crippen LogP contribution in [0, 0.1) is 0 Å². The first-order valence-electron chi connectivity index (χ1n) is 5.01. The number of aromatic carboxylic acids is 1. The summed E-state index contributed by atoms with van der Waals surface area (Å²) in [5.41, 5.74) is -0.520. The third-order valence-corrected chi connectivity index (χ3v) is 4.16. The number of carbonyl (C=O) groups is 1. The first-order valence-corrected chi connectivity index (χ1v) is 7.04. The lowest BCUT2D eigenvalue weighted by molar-refractivity contribution is 0.0686. The van der Waals surface area contributed by atoms with Crippen molar-refractivity contribution in [1.29, 1.82) is 0 Å². The van der Waals surface area contributed by atoms with E-state index in [-0.39, 0.29) is 15.8 Å². The second kappa shape index (κ2) is 5.46. The molecule has 1 aromatic rings. The van der Waals surface area contributed by atoms with Crippen molar-refractivity contribution in [3.05, 3.63) is 23.0 Å². The Bertz CT molecular complexity index is 527. The summed E-state index contributed by atoms with van der Waals surface area (Å²) in [5.74, 6) is -1.49. The Balaban J connectivity index is 3.26. The zero-order chi connectivity index (χ0) is 13.1. The fraction of sp³-hybridized carbons (Fsp3) is 0.400. The molecule has 0 atom stereocenters. The summed E-state index contributed by atoms with van der Waals surface area (Å²) in [6, 6.07) is 2.45. The van der Waals surface area contributed by atoms with Crippen LogP contribution in [0.3, 0.4) is 0 Å². The minimum absolute atomic E-state index is 0.0446. The van der Waals surface area contributed by atoms with E-state index in [1.807, 2.05) is 6.92 Å². The Morgan fingerprint density at radius 3 is 2.65 bits per heavy atom. The number of carboxylic acids is 1.